The van der Waals surface area contributed by atoms with Crippen LogP contribution in [0.2, 0.25) is 0 Å². The van der Waals surface area contributed by atoms with E-state index in [9.17, 15) is 9.90 Å². The second-order valence-corrected chi connectivity index (χ2v) is 14.8. The summed E-state index contributed by atoms with van der Waals surface area (Å²) in [4.78, 5) is 20.9. The minimum Gasteiger partial charge on any atom is -0.390 e. The molecule has 0 bridgehead atoms. The largest absolute Gasteiger partial charge is 0.390 e. The highest BCUT2D eigenvalue weighted by Crippen LogP contribution is 2.40. The third kappa shape index (κ3) is 8.65. The van der Waals surface area contributed by atoms with E-state index < -0.39 is 6.10 Å². The smallest absolute Gasteiger partial charge is 0.223 e. The van der Waals surface area contributed by atoms with Crippen LogP contribution in [0, 0.1) is 17.8 Å². The number of amides is 1. The summed E-state index contributed by atoms with van der Waals surface area (Å²) in [6.45, 7) is 12.4. The van der Waals surface area contributed by atoms with Crippen molar-refractivity contribution in [2.75, 3.05) is 78.8 Å². The number of carbonyl (C=O) groups excluding carboxylic acids is 1. The van der Waals surface area contributed by atoms with E-state index in [1.54, 1.807) is 0 Å². The number of aliphatic hydroxyl groups excluding tert-OH is 1. The van der Waals surface area contributed by atoms with Gasteiger partial charge >= 0.3 is 0 Å². The van der Waals surface area contributed by atoms with Gasteiger partial charge in [0.25, 0.3) is 0 Å². The van der Waals surface area contributed by atoms with E-state index in [0.29, 0.717) is 44.3 Å². The lowest BCUT2D eigenvalue weighted by molar-refractivity contribution is -0.128. The summed E-state index contributed by atoms with van der Waals surface area (Å²) < 4.78 is 11.8. The molecule has 6 aliphatic rings. The summed E-state index contributed by atoms with van der Waals surface area (Å²) in [5.41, 5.74) is 0. The molecule has 0 aromatic heterocycles. The zero-order valence-corrected chi connectivity index (χ0v) is 27.6. The fraction of sp³-hybridized carbons (Fsp3) is 0.969. The van der Waals surface area contributed by atoms with Gasteiger partial charge in [0, 0.05) is 64.3 Å². The fourth-order valence-corrected chi connectivity index (χ4v) is 8.91. The van der Waals surface area contributed by atoms with Gasteiger partial charge < -0.3 is 29.7 Å². The maximum Gasteiger partial charge on any atom is 0.223 e. The molecular formula is C32H58ClN7O4. The van der Waals surface area contributed by atoms with Gasteiger partial charge in [0.15, 0.2) is 0 Å². The average Bonchev–Trinajstić information content (AvgIpc) is 3.55. The number of likely N-dealkylation sites (tertiary alicyclic amines) is 1. The maximum absolute atomic E-state index is 13.5. The number of carbonyl (C=O) groups is 1. The summed E-state index contributed by atoms with van der Waals surface area (Å²) in [6, 6.07) is 0.568. The first-order chi connectivity index (χ1) is 21.4. The third-order valence-corrected chi connectivity index (χ3v) is 12.0. The number of nitrogens with one attached hydrogen (secondary N) is 4. The van der Waals surface area contributed by atoms with E-state index in [1.165, 1.54) is 19.3 Å². The molecule has 0 aromatic carbocycles. The molecule has 252 valence electrons. The molecule has 6 fully saturated rings. The SMILES string of the molecule is CCN1CCN(C2CC(C(=O)NC[C@H](O)CN3CCC4C(CCC(OCC5CNCO5)C4Cl)C3)CC(NC3CCC3)N2)CC1. The average molecular weight is 640 g/mol. The Morgan fingerprint density at radius 1 is 1.09 bits per heavy atom. The minimum atomic E-state index is -0.578. The van der Waals surface area contributed by atoms with Gasteiger partial charge in [0.1, 0.15) is 0 Å². The molecule has 11 nitrogen and oxygen atoms in total. The molecule has 2 aliphatic carbocycles. The molecule has 0 aromatic rings. The van der Waals surface area contributed by atoms with Crippen LogP contribution in [0.4, 0.5) is 0 Å². The van der Waals surface area contributed by atoms with E-state index >= 15 is 0 Å². The Hall–Kier alpha value is -0.600. The molecule has 5 N–H and O–H groups in total. The van der Waals surface area contributed by atoms with Crippen LogP contribution in [0.1, 0.15) is 58.3 Å². The maximum atomic E-state index is 13.5. The van der Waals surface area contributed by atoms with Crippen molar-refractivity contribution in [3.05, 3.63) is 0 Å². The second-order valence-electron chi connectivity index (χ2n) is 14.3. The van der Waals surface area contributed by atoms with Crippen LogP contribution >= 0.6 is 11.6 Å². The number of β-amino-alcohol motifs (C(OH)–C–C–N with tert-alkyl or cyclic N) is 1. The molecular weight excluding hydrogens is 582 g/mol. The van der Waals surface area contributed by atoms with Crippen LogP contribution in [0.15, 0.2) is 0 Å². The Morgan fingerprint density at radius 3 is 2.66 bits per heavy atom. The monoisotopic (exact) mass is 639 g/mol. The van der Waals surface area contributed by atoms with Crippen molar-refractivity contribution < 1.29 is 19.4 Å². The number of piperidine rings is 2. The molecule has 0 spiro atoms. The molecule has 6 rings (SSSR count). The van der Waals surface area contributed by atoms with Gasteiger partial charge in [-0.05, 0) is 69.9 Å². The Balaban J connectivity index is 0.935. The lowest BCUT2D eigenvalue weighted by Gasteiger charge is -2.46. The van der Waals surface area contributed by atoms with Gasteiger partial charge in [0.2, 0.25) is 5.91 Å². The van der Waals surface area contributed by atoms with Crippen LogP contribution < -0.4 is 21.3 Å². The number of ether oxygens (including phenoxy) is 2. The van der Waals surface area contributed by atoms with Crippen LogP contribution in [0.3, 0.4) is 0 Å². The number of likely N-dealkylation sites (N-methyl/N-ethyl adjacent to an activating group) is 1. The quantitative estimate of drug-likeness (QED) is 0.194. The highest BCUT2D eigenvalue weighted by molar-refractivity contribution is 6.21. The Morgan fingerprint density at radius 2 is 1.93 bits per heavy atom. The van der Waals surface area contributed by atoms with Gasteiger partial charge in [-0.25, -0.2) is 0 Å². The standard InChI is InChI=1S/C32H58ClN7O4/c1-2-38-10-12-40(13-11-38)30-15-23(14-29(37-30)36-24-4-3-5-24)32(42)35-16-25(41)19-39-9-8-27-22(18-39)6-7-28(31(27)33)43-20-26-17-34-21-44-26/h22-31,34,36-37,41H,2-21H2,1H3,(H,35,42)/t22?,23?,25-,26?,27?,28?,29?,30?,31?/m0/s1. The summed E-state index contributed by atoms with van der Waals surface area (Å²) >= 11 is 6.96. The number of nitrogens with zero attached hydrogens (tertiary/aromatic N) is 3. The topological polar surface area (TPSA) is 114 Å². The van der Waals surface area contributed by atoms with Gasteiger partial charge in [0.05, 0.1) is 49.4 Å². The van der Waals surface area contributed by atoms with E-state index in [0.717, 1.165) is 84.5 Å². The van der Waals surface area contributed by atoms with Crippen molar-refractivity contribution >= 4 is 17.5 Å². The fourth-order valence-electron chi connectivity index (χ4n) is 8.38. The molecule has 12 heteroatoms. The van der Waals surface area contributed by atoms with Crippen molar-refractivity contribution in [1.82, 2.24) is 36.0 Å². The first kappa shape index (κ1) is 33.3. The highest BCUT2D eigenvalue weighted by atomic mass is 35.5. The molecule has 1 amide bonds. The number of aliphatic hydroxyl groups is 1. The zero-order chi connectivity index (χ0) is 30.5. The molecule has 4 saturated heterocycles. The molecule has 9 atom stereocenters. The molecule has 2 saturated carbocycles. The van der Waals surface area contributed by atoms with Crippen LogP contribution in [-0.2, 0) is 14.3 Å². The summed E-state index contributed by atoms with van der Waals surface area (Å²) in [7, 11) is 0. The van der Waals surface area contributed by atoms with Crippen molar-refractivity contribution in [3.8, 4) is 0 Å². The number of fused-ring (bicyclic) bond motifs is 1. The van der Waals surface area contributed by atoms with Crippen LogP contribution in [0.25, 0.3) is 0 Å². The number of alkyl halides is 1. The van der Waals surface area contributed by atoms with E-state index in [-0.39, 0.29) is 41.7 Å². The molecule has 0 radical (unpaired) electrons. The van der Waals surface area contributed by atoms with Crippen molar-refractivity contribution in [3.63, 3.8) is 0 Å². The van der Waals surface area contributed by atoms with Gasteiger partial charge in [-0.1, -0.05) is 13.3 Å². The first-order valence-electron chi connectivity index (χ1n) is 17.7. The minimum absolute atomic E-state index is 0.0291. The van der Waals surface area contributed by atoms with E-state index in [4.69, 9.17) is 21.1 Å². The van der Waals surface area contributed by atoms with Gasteiger partial charge in [-0.15, -0.1) is 11.6 Å². The summed E-state index contributed by atoms with van der Waals surface area (Å²) in [5, 5.41) is 25.0. The van der Waals surface area contributed by atoms with Crippen molar-refractivity contribution in [2.45, 2.75) is 100 Å². The van der Waals surface area contributed by atoms with E-state index in [2.05, 4.69) is 42.9 Å². The number of hydrogen-bond donors (Lipinski definition) is 5. The number of rotatable bonds is 12. The normalized spacial score (nSPS) is 38.6. The van der Waals surface area contributed by atoms with Crippen molar-refractivity contribution in [1.29, 1.82) is 0 Å². The predicted octanol–water partition coefficient (Wildman–Crippen LogP) is 0.565. The summed E-state index contributed by atoms with van der Waals surface area (Å²) in [6.07, 6.45) is 8.49. The molecule has 4 heterocycles. The molecule has 44 heavy (non-hydrogen) atoms. The molecule has 4 aliphatic heterocycles. The van der Waals surface area contributed by atoms with Crippen LogP contribution in [0.5, 0.6) is 0 Å². The zero-order valence-electron chi connectivity index (χ0n) is 26.8. The Labute approximate surface area is 269 Å². The second kappa shape index (κ2) is 16.0. The lowest BCUT2D eigenvalue weighted by atomic mass is 9.73. The van der Waals surface area contributed by atoms with Gasteiger partial charge in [-0.2, -0.15) is 0 Å². The van der Waals surface area contributed by atoms with E-state index in [1.807, 2.05) is 0 Å². The summed E-state index contributed by atoms with van der Waals surface area (Å²) in [5.74, 6) is 1.01. The number of halogens is 1. The number of hydrogen-bond acceptors (Lipinski definition) is 10. The van der Waals surface area contributed by atoms with Crippen molar-refractivity contribution in [2.24, 2.45) is 17.8 Å². The van der Waals surface area contributed by atoms with Crippen LogP contribution in [-0.4, -0.2) is 147 Å². The van der Waals surface area contributed by atoms with Gasteiger partial charge in [-0.3, -0.25) is 25.6 Å². The molecule has 8 unspecified atom stereocenters. The highest BCUT2D eigenvalue weighted by Gasteiger charge is 2.42. The Kier molecular flexibility index (Phi) is 12.1. The number of piperazine rings is 1. The lowest BCUT2D eigenvalue weighted by Crippen LogP contribution is -2.64. The third-order valence-electron chi connectivity index (χ3n) is 11.4. The Bertz CT molecular complexity index is 904. The predicted molar refractivity (Wildman–Crippen MR) is 171 cm³/mol. The first-order valence-corrected chi connectivity index (χ1v) is 18.1.